The van der Waals surface area contributed by atoms with Gasteiger partial charge in [0.15, 0.2) is 32.2 Å². The second-order valence-corrected chi connectivity index (χ2v) is 36.5. The van der Waals surface area contributed by atoms with Crippen LogP contribution in [0.5, 0.6) is 23.0 Å². The van der Waals surface area contributed by atoms with Gasteiger partial charge in [-0.25, -0.2) is 24.0 Å². The topological polar surface area (TPSA) is 185 Å². The van der Waals surface area contributed by atoms with E-state index in [0.29, 0.717) is 47.3 Å². The van der Waals surface area contributed by atoms with Crippen molar-refractivity contribution >= 4 is 35.6 Å². The molecule has 7 saturated carbocycles. The number of benzene rings is 5. The van der Waals surface area contributed by atoms with Crippen LogP contribution in [0.25, 0.3) is 0 Å². The Bertz CT molecular complexity index is 3720. The van der Waals surface area contributed by atoms with Gasteiger partial charge in [-0.1, -0.05) is 170 Å². The summed E-state index contributed by atoms with van der Waals surface area (Å²) in [6, 6.07) is 39.5. The highest BCUT2D eigenvalue weighted by atomic mass is 16.6. The molecule has 7 aliphatic carbocycles. The predicted molar refractivity (Wildman–Crippen MR) is 461 cm³/mol. The fraction of sp³-hybridized carbons (Fsp3) is 0.640. The molecule has 7 fully saturated rings. The first-order valence-electron chi connectivity index (χ1n) is 44.3. The van der Waals surface area contributed by atoms with Gasteiger partial charge < -0.3 is 42.6 Å². The minimum absolute atomic E-state index is 0.00950. The maximum atomic E-state index is 12.6. The minimum atomic E-state index is -0.486. The average molecular weight is 1590 g/mol. The second kappa shape index (κ2) is 45.3. The SMILES string of the molecule is CCC(C)c1ccc(C(=O)OCC(=O)OC2(CC)CCCC2)cc1.CCC(C)c1ccc(OCC(=O)OC(C)(C)C)cc1.CCC(C)c1ccc(OCC(=O)OC(C)(C)C23CC4CC(CC(C4)C2)C3)cc1.CCC(C)c1ccc(OCC(=O)OC2(CC)CCCCC2)cc1.CCC(C)c1cccc(OCC(=O)CC2(C)CCCC2)c1. The Morgan fingerprint density at radius 3 is 1.13 bits per heavy atom. The summed E-state index contributed by atoms with van der Waals surface area (Å²) in [5.74, 6) is 6.59. The van der Waals surface area contributed by atoms with E-state index in [9.17, 15) is 28.8 Å². The highest BCUT2D eigenvalue weighted by Gasteiger charge is 2.59. The zero-order chi connectivity index (χ0) is 84.0. The average Bonchev–Trinajstić information content (AvgIpc) is 1.50. The third kappa shape index (κ3) is 30.0. The number of ketones is 1. The van der Waals surface area contributed by atoms with E-state index in [2.05, 4.69) is 133 Å². The molecule has 115 heavy (non-hydrogen) atoms. The fourth-order valence-corrected chi connectivity index (χ4v) is 17.9. The zero-order valence-electron chi connectivity index (χ0n) is 73.9. The predicted octanol–water partition coefficient (Wildman–Crippen LogP) is 25.0. The van der Waals surface area contributed by atoms with E-state index >= 15 is 0 Å². The third-order valence-corrected chi connectivity index (χ3v) is 26.1. The lowest BCUT2D eigenvalue weighted by Gasteiger charge is -2.61. The number of rotatable bonds is 33. The number of Topliss-reactive ketones (excluding diaryl/α,β-unsaturated/α-hetero) is 1. The number of hydrogen-bond acceptors (Lipinski definition) is 15. The second-order valence-electron chi connectivity index (χ2n) is 36.5. The Morgan fingerprint density at radius 2 is 0.739 bits per heavy atom. The van der Waals surface area contributed by atoms with Crippen molar-refractivity contribution < 1.29 is 71.4 Å². The largest absolute Gasteiger partial charge is 0.486 e. The third-order valence-electron chi connectivity index (χ3n) is 26.1. The molecule has 0 aliphatic heterocycles. The summed E-state index contributed by atoms with van der Waals surface area (Å²) in [5, 5.41) is 0. The number of esters is 5. The lowest BCUT2D eigenvalue weighted by Crippen LogP contribution is -2.57. The smallest absolute Gasteiger partial charge is 0.344 e. The molecule has 0 radical (unpaired) electrons. The van der Waals surface area contributed by atoms with E-state index < -0.39 is 23.1 Å². The van der Waals surface area contributed by atoms with Crippen molar-refractivity contribution in [3.8, 4) is 23.0 Å². The van der Waals surface area contributed by atoms with Crippen LogP contribution in [0.15, 0.2) is 121 Å². The monoisotopic (exact) mass is 1590 g/mol. The highest BCUT2D eigenvalue weighted by Crippen LogP contribution is 2.64. The maximum absolute atomic E-state index is 12.6. The van der Waals surface area contributed by atoms with Gasteiger partial charge in [0.2, 0.25) is 0 Å². The summed E-state index contributed by atoms with van der Waals surface area (Å²) >= 11 is 0. The lowest BCUT2D eigenvalue weighted by atomic mass is 9.46. The van der Waals surface area contributed by atoms with Gasteiger partial charge in [-0.3, -0.25) is 4.79 Å². The molecule has 5 unspecified atom stereocenters. The number of carbonyl (C=O) groups excluding carboxylic acids is 6. The Hall–Kier alpha value is -7.68. The molecule has 12 rings (SSSR count). The molecule has 0 spiro atoms. The molecule has 0 N–H and O–H groups in total. The normalized spacial score (nSPS) is 20.6. The minimum Gasteiger partial charge on any atom is -0.486 e. The molecule has 636 valence electrons. The molecule has 0 heterocycles. The molecule has 15 nitrogen and oxygen atoms in total. The molecule has 4 bridgehead atoms. The van der Waals surface area contributed by atoms with Crippen molar-refractivity contribution in [3.63, 3.8) is 0 Å². The van der Waals surface area contributed by atoms with Crippen molar-refractivity contribution in [1.82, 2.24) is 0 Å². The summed E-state index contributed by atoms with van der Waals surface area (Å²) in [6.07, 6.45) is 30.2. The maximum Gasteiger partial charge on any atom is 0.344 e. The molecule has 7 aliphatic rings. The molecule has 5 aromatic carbocycles. The van der Waals surface area contributed by atoms with E-state index in [1.54, 1.807) is 12.1 Å². The molecule has 0 aromatic heterocycles. The Kier molecular flexibility index (Phi) is 37.2. The van der Waals surface area contributed by atoms with Gasteiger partial charge in [0.05, 0.1) is 5.56 Å². The Morgan fingerprint density at radius 1 is 0.391 bits per heavy atom. The van der Waals surface area contributed by atoms with Gasteiger partial charge in [-0.2, -0.15) is 0 Å². The molecule has 0 amide bonds. The first-order valence-corrected chi connectivity index (χ1v) is 44.3. The van der Waals surface area contributed by atoms with Crippen LogP contribution in [-0.2, 0) is 47.7 Å². The molecule has 0 saturated heterocycles. The van der Waals surface area contributed by atoms with Gasteiger partial charge in [0.1, 0.15) is 52.0 Å². The molecular weight excluding hydrogens is 1440 g/mol. The molecule has 5 aromatic rings. The lowest BCUT2D eigenvalue weighted by molar-refractivity contribution is -0.200. The molecule has 5 atom stereocenters. The van der Waals surface area contributed by atoms with E-state index in [1.807, 2.05) is 100 Å². The van der Waals surface area contributed by atoms with Gasteiger partial charge in [-0.15, -0.1) is 0 Å². The van der Waals surface area contributed by atoms with Gasteiger partial charge in [-0.05, 0) is 324 Å². The van der Waals surface area contributed by atoms with Crippen LogP contribution >= 0.6 is 0 Å². The molecular formula is C100H146O15. The van der Waals surface area contributed by atoms with Crippen LogP contribution in [0.4, 0.5) is 0 Å². The van der Waals surface area contributed by atoms with Crippen LogP contribution in [0.3, 0.4) is 0 Å². The van der Waals surface area contributed by atoms with Crippen LogP contribution in [0.2, 0.25) is 0 Å². The van der Waals surface area contributed by atoms with Crippen LogP contribution in [0, 0.1) is 28.6 Å². The number of carbonyl (C=O) groups is 6. The first kappa shape index (κ1) is 94.5. The highest BCUT2D eigenvalue weighted by molar-refractivity contribution is 5.91. The number of hydrogen-bond donors (Lipinski definition) is 0. The van der Waals surface area contributed by atoms with E-state index in [0.717, 1.165) is 131 Å². The number of ether oxygens (including phenoxy) is 9. The van der Waals surface area contributed by atoms with Crippen molar-refractivity contribution in [3.05, 3.63) is 155 Å². The zero-order valence-corrected chi connectivity index (χ0v) is 73.9. The summed E-state index contributed by atoms with van der Waals surface area (Å²) in [7, 11) is 0. The quantitative estimate of drug-likeness (QED) is 0.0285. The van der Waals surface area contributed by atoms with Crippen molar-refractivity contribution in [2.45, 2.75) is 350 Å². The summed E-state index contributed by atoms with van der Waals surface area (Å²) < 4.78 is 50.1. The fourth-order valence-electron chi connectivity index (χ4n) is 17.9. The van der Waals surface area contributed by atoms with Crippen molar-refractivity contribution in [1.29, 1.82) is 0 Å². The van der Waals surface area contributed by atoms with Crippen LogP contribution < -0.4 is 18.9 Å². The summed E-state index contributed by atoms with van der Waals surface area (Å²) in [5.41, 5.74) is 5.74. The van der Waals surface area contributed by atoms with E-state index in [1.165, 1.54) is 98.4 Å². The van der Waals surface area contributed by atoms with Crippen LogP contribution in [-0.4, -0.2) is 91.1 Å². The Labute approximate surface area is 692 Å². The van der Waals surface area contributed by atoms with Gasteiger partial charge in [0.25, 0.3) is 0 Å². The Balaban J connectivity index is 0.000000200. The van der Waals surface area contributed by atoms with Crippen molar-refractivity contribution in [2.75, 3.05) is 33.0 Å². The van der Waals surface area contributed by atoms with Gasteiger partial charge >= 0.3 is 29.8 Å². The summed E-state index contributed by atoms with van der Waals surface area (Å²) in [6.45, 7) is 37.8. The van der Waals surface area contributed by atoms with Crippen LogP contribution in [0.1, 0.15) is 366 Å². The molecule has 15 heteroatoms. The van der Waals surface area contributed by atoms with E-state index in [4.69, 9.17) is 42.6 Å². The first-order chi connectivity index (χ1) is 54.7. The standard InChI is InChI=1S/C25H36O3.C20H28O4.C20H30O3.C19H28O2.C16H24O3/c1-5-17(2)21-6-8-22(9-7-21)27-16-23(26)28-24(3,4)25-13-18-10-19(14-25)12-20(11-18)15-25;1-4-15(3)16-8-10-17(11-9-16)19(22)23-14-18(21)24-20(5-2)12-6-7-13-20;1-4-16(3)17-9-11-18(12-10-17)22-15-19(21)23-20(5-2)13-7-6-8-14-20;1-4-15(2)16-8-7-9-18(12-16)21-14-17(20)13-19(3)10-5-6-11-19;1-6-12(2)13-7-9-14(10-8-13)18-11-15(17)19-16(3,4)5/h6-9,17-20H,5,10-16H2,1-4H3;8-11,15H,4-7,12-14H2,1-3H3;9-12,16H,4-8,13-15H2,1-3H3;7-9,12,15H,4-6,10-11,13-14H2,1-3H3;7-10,12H,6,11H2,1-5H3. The van der Waals surface area contributed by atoms with Crippen molar-refractivity contribution in [2.24, 2.45) is 28.6 Å². The summed E-state index contributed by atoms with van der Waals surface area (Å²) in [4.78, 5) is 72.4. The van der Waals surface area contributed by atoms with Gasteiger partial charge in [0, 0.05) is 11.8 Å². The van der Waals surface area contributed by atoms with E-state index in [-0.39, 0.29) is 78.8 Å².